The highest BCUT2D eigenvalue weighted by atomic mass is 35.5. The second-order valence-corrected chi connectivity index (χ2v) is 4.90. The van der Waals surface area contributed by atoms with Gasteiger partial charge in [-0.15, -0.1) is 12.4 Å². The zero-order valence-electron chi connectivity index (χ0n) is 11.6. The molecule has 1 aromatic rings. The van der Waals surface area contributed by atoms with Crippen LogP contribution in [0.3, 0.4) is 0 Å². The molecule has 1 amide bonds. The molecule has 0 aliphatic carbocycles. The van der Waals surface area contributed by atoms with Crippen LogP contribution in [0, 0.1) is 5.92 Å². The van der Waals surface area contributed by atoms with Crippen molar-refractivity contribution in [2.45, 2.75) is 26.3 Å². The van der Waals surface area contributed by atoms with Gasteiger partial charge in [0, 0.05) is 25.8 Å². The van der Waals surface area contributed by atoms with E-state index in [4.69, 9.17) is 0 Å². The van der Waals surface area contributed by atoms with Gasteiger partial charge < -0.3 is 10.2 Å². The minimum atomic E-state index is 0. The molecule has 0 spiro atoms. The molecular weight excluding hydrogens is 264 g/mol. The van der Waals surface area contributed by atoms with E-state index in [-0.39, 0.29) is 18.3 Å². The molecule has 108 valence electrons. The first-order valence-corrected chi connectivity index (χ1v) is 6.71. The zero-order chi connectivity index (χ0) is 13.0. The van der Waals surface area contributed by atoms with Gasteiger partial charge >= 0.3 is 0 Å². The van der Waals surface area contributed by atoms with Crippen LogP contribution >= 0.6 is 12.4 Å². The third-order valence-electron chi connectivity index (χ3n) is 3.50. The van der Waals surface area contributed by atoms with E-state index in [9.17, 15) is 4.79 Å². The molecule has 0 bridgehead atoms. The highest BCUT2D eigenvalue weighted by molar-refractivity contribution is 5.93. The maximum atomic E-state index is 12.3. The number of nitrogens with one attached hydrogen (secondary N) is 1. The molecule has 2 rings (SSSR count). The molecule has 6 heteroatoms. The lowest BCUT2D eigenvalue weighted by molar-refractivity contribution is 0.0674. The summed E-state index contributed by atoms with van der Waals surface area (Å²) in [6, 6.07) is 0. The van der Waals surface area contributed by atoms with Crippen molar-refractivity contribution in [1.82, 2.24) is 20.0 Å². The Bertz CT molecular complexity index is 405. The van der Waals surface area contributed by atoms with E-state index in [2.05, 4.69) is 10.4 Å². The van der Waals surface area contributed by atoms with Gasteiger partial charge in [0.1, 0.15) is 0 Å². The lowest BCUT2D eigenvalue weighted by atomic mass is 9.97. The van der Waals surface area contributed by atoms with Gasteiger partial charge in [-0.05, 0) is 39.3 Å². The van der Waals surface area contributed by atoms with Gasteiger partial charge in [-0.3, -0.25) is 9.48 Å². The lowest BCUT2D eigenvalue weighted by Gasteiger charge is -2.32. The third kappa shape index (κ3) is 3.94. The number of carbonyl (C=O) groups excluding carboxylic acids is 1. The van der Waals surface area contributed by atoms with Crippen LogP contribution in [0.4, 0.5) is 0 Å². The molecule has 5 nitrogen and oxygen atoms in total. The van der Waals surface area contributed by atoms with Crippen LogP contribution in [0.5, 0.6) is 0 Å². The number of hydrogen-bond acceptors (Lipinski definition) is 3. The standard InChI is InChI=1S/C13H22N4O.ClH/c1-3-17-10-12(8-15-17)13(18)16-6-4-5-11(9-16)7-14-2;/h8,10-11,14H,3-7,9H2,1-2H3;1H. The highest BCUT2D eigenvalue weighted by Gasteiger charge is 2.24. The predicted octanol–water partition coefficient (Wildman–Crippen LogP) is 1.40. The van der Waals surface area contributed by atoms with E-state index in [0.29, 0.717) is 11.5 Å². The molecular formula is C13H23ClN4O. The van der Waals surface area contributed by atoms with Crippen LogP contribution < -0.4 is 5.32 Å². The molecule has 1 aliphatic rings. The summed E-state index contributed by atoms with van der Waals surface area (Å²) < 4.78 is 1.79. The Morgan fingerprint density at radius 1 is 1.58 bits per heavy atom. The zero-order valence-corrected chi connectivity index (χ0v) is 12.4. The molecule has 19 heavy (non-hydrogen) atoms. The fourth-order valence-electron chi connectivity index (χ4n) is 2.53. The average Bonchev–Trinajstić information content (AvgIpc) is 2.87. The number of aryl methyl sites for hydroxylation is 1. The summed E-state index contributed by atoms with van der Waals surface area (Å²) in [6.45, 7) is 5.53. The smallest absolute Gasteiger partial charge is 0.257 e. The first kappa shape index (κ1) is 16.0. The number of carbonyl (C=O) groups is 1. The Balaban J connectivity index is 0.00000180. The number of rotatable bonds is 4. The van der Waals surface area contributed by atoms with E-state index in [0.717, 1.165) is 32.6 Å². The monoisotopic (exact) mass is 286 g/mol. The summed E-state index contributed by atoms with van der Waals surface area (Å²) in [4.78, 5) is 14.3. The van der Waals surface area contributed by atoms with Crippen LogP contribution in [0.2, 0.25) is 0 Å². The number of likely N-dealkylation sites (tertiary alicyclic amines) is 1. The molecule has 0 radical (unpaired) electrons. The Kier molecular flexibility index (Phi) is 6.31. The van der Waals surface area contributed by atoms with Gasteiger partial charge in [0.15, 0.2) is 0 Å². The lowest BCUT2D eigenvalue weighted by Crippen LogP contribution is -2.42. The molecule has 1 unspecified atom stereocenters. The van der Waals surface area contributed by atoms with Crippen LogP contribution in [-0.2, 0) is 6.54 Å². The number of amides is 1. The van der Waals surface area contributed by atoms with Crippen LogP contribution in [-0.4, -0.2) is 47.3 Å². The van der Waals surface area contributed by atoms with Crippen molar-refractivity contribution in [2.75, 3.05) is 26.7 Å². The summed E-state index contributed by atoms with van der Waals surface area (Å²) in [6.07, 6.45) is 5.82. The number of aromatic nitrogens is 2. The van der Waals surface area contributed by atoms with Crippen molar-refractivity contribution in [2.24, 2.45) is 5.92 Å². The summed E-state index contributed by atoms with van der Waals surface area (Å²) in [5, 5.41) is 7.36. The quantitative estimate of drug-likeness (QED) is 0.910. The summed E-state index contributed by atoms with van der Waals surface area (Å²) >= 11 is 0. The molecule has 1 saturated heterocycles. The molecule has 0 aromatic carbocycles. The Labute approximate surface area is 120 Å². The Morgan fingerprint density at radius 2 is 2.37 bits per heavy atom. The third-order valence-corrected chi connectivity index (χ3v) is 3.50. The normalized spacial score (nSPS) is 19.1. The van der Waals surface area contributed by atoms with Crippen molar-refractivity contribution in [3.05, 3.63) is 18.0 Å². The molecule has 0 saturated carbocycles. The molecule has 1 atom stereocenters. The largest absolute Gasteiger partial charge is 0.338 e. The minimum Gasteiger partial charge on any atom is -0.338 e. The maximum Gasteiger partial charge on any atom is 0.257 e. The van der Waals surface area contributed by atoms with Crippen molar-refractivity contribution in [3.8, 4) is 0 Å². The number of nitrogens with zero attached hydrogens (tertiary/aromatic N) is 3. The molecule has 1 aliphatic heterocycles. The molecule has 2 heterocycles. The number of piperidine rings is 1. The van der Waals surface area contributed by atoms with Crippen molar-refractivity contribution >= 4 is 18.3 Å². The van der Waals surface area contributed by atoms with Crippen molar-refractivity contribution in [1.29, 1.82) is 0 Å². The Morgan fingerprint density at radius 3 is 3.00 bits per heavy atom. The summed E-state index contributed by atoms with van der Waals surface area (Å²) in [5.74, 6) is 0.699. The van der Waals surface area contributed by atoms with Crippen LogP contribution in [0.25, 0.3) is 0 Å². The van der Waals surface area contributed by atoms with Crippen molar-refractivity contribution < 1.29 is 4.79 Å². The molecule has 1 N–H and O–H groups in total. The summed E-state index contributed by atoms with van der Waals surface area (Å²) in [7, 11) is 1.96. The molecule has 1 aromatic heterocycles. The second kappa shape index (κ2) is 7.50. The maximum absolute atomic E-state index is 12.3. The van der Waals surface area contributed by atoms with Gasteiger partial charge in [-0.25, -0.2) is 0 Å². The van der Waals surface area contributed by atoms with Gasteiger partial charge in [-0.2, -0.15) is 5.10 Å². The van der Waals surface area contributed by atoms with Crippen molar-refractivity contribution in [3.63, 3.8) is 0 Å². The van der Waals surface area contributed by atoms with Crippen LogP contribution in [0.1, 0.15) is 30.1 Å². The van der Waals surface area contributed by atoms with E-state index >= 15 is 0 Å². The van der Waals surface area contributed by atoms with E-state index < -0.39 is 0 Å². The van der Waals surface area contributed by atoms with Gasteiger partial charge in [-0.1, -0.05) is 0 Å². The SMILES string of the molecule is CCn1cc(C(=O)N2CCCC(CNC)C2)cn1.Cl. The first-order chi connectivity index (χ1) is 8.74. The number of halogens is 1. The van der Waals surface area contributed by atoms with Gasteiger partial charge in [0.05, 0.1) is 11.8 Å². The van der Waals surface area contributed by atoms with Gasteiger partial charge in [0.2, 0.25) is 0 Å². The van der Waals surface area contributed by atoms with Crippen LogP contribution in [0.15, 0.2) is 12.4 Å². The average molecular weight is 287 g/mol. The fourth-order valence-corrected chi connectivity index (χ4v) is 2.53. The topological polar surface area (TPSA) is 50.2 Å². The highest BCUT2D eigenvalue weighted by Crippen LogP contribution is 2.17. The van der Waals surface area contributed by atoms with Gasteiger partial charge in [0.25, 0.3) is 5.91 Å². The molecule has 1 fully saturated rings. The van der Waals surface area contributed by atoms with E-state index in [1.54, 1.807) is 10.9 Å². The minimum absolute atomic E-state index is 0. The van der Waals surface area contributed by atoms with E-state index in [1.807, 2.05) is 25.1 Å². The predicted molar refractivity (Wildman–Crippen MR) is 77.7 cm³/mol. The summed E-state index contributed by atoms with van der Waals surface area (Å²) in [5.41, 5.74) is 0.710. The fraction of sp³-hybridized carbons (Fsp3) is 0.692. The second-order valence-electron chi connectivity index (χ2n) is 4.90. The van der Waals surface area contributed by atoms with E-state index in [1.165, 1.54) is 6.42 Å². The first-order valence-electron chi connectivity index (χ1n) is 6.71. The number of hydrogen-bond donors (Lipinski definition) is 1. The Hall–Kier alpha value is -1.07.